The Morgan fingerprint density at radius 2 is 1.69 bits per heavy atom. The minimum Gasteiger partial charge on any atom is -0.382 e. The fourth-order valence-electron chi connectivity index (χ4n) is 2.64. The van der Waals surface area contributed by atoms with Crippen molar-refractivity contribution in [1.82, 2.24) is 5.12 Å². The van der Waals surface area contributed by atoms with E-state index in [2.05, 4.69) is 47.3 Å². The van der Waals surface area contributed by atoms with Gasteiger partial charge in [0.15, 0.2) is 5.84 Å². The van der Waals surface area contributed by atoms with Crippen LogP contribution in [0.15, 0.2) is 82.8 Å². The van der Waals surface area contributed by atoms with Gasteiger partial charge in [-0.2, -0.15) is 0 Å². The van der Waals surface area contributed by atoms with Crippen LogP contribution in [0.1, 0.15) is 5.56 Å². The van der Waals surface area contributed by atoms with Crippen LogP contribution >= 0.6 is 12.6 Å². The van der Waals surface area contributed by atoms with Gasteiger partial charge in [0.25, 0.3) is 0 Å². The number of nitrogens with zero attached hydrogens (tertiary/aromatic N) is 2. The lowest BCUT2D eigenvalue weighted by molar-refractivity contribution is 0.371. The van der Waals surface area contributed by atoms with Crippen molar-refractivity contribution in [2.24, 2.45) is 16.7 Å². The van der Waals surface area contributed by atoms with Gasteiger partial charge >= 0.3 is 0 Å². The summed E-state index contributed by atoms with van der Waals surface area (Å²) in [7, 11) is 1.62. The first-order valence-corrected chi connectivity index (χ1v) is 8.56. The molecule has 5 N–H and O–H groups in total. The van der Waals surface area contributed by atoms with Crippen molar-refractivity contribution in [2.75, 3.05) is 12.4 Å². The van der Waals surface area contributed by atoms with Gasteiger partial charge in [0.05, 0.1) is 0 Å². The first kappa shape index (κ1) is 17.8. The Kier molecular flexibility index (Phi) is 5.46. The van der Waals surface area contributed by atoms with Crippen molar-refractivity contribution >= 4 is 29.8 Å². The SMILES string of the molecule is CN(N)/N=C(\N)c1cc(S)ccc1Nc1cccc(-c2ccccc2)c1. The van der Waals surface area contributed by atoms with Crippen LogP contribution in [-0.2, 0) is 0 Å². The van der Waals surface area contributed by atoms with Gasteiger partial charge < -0.3 is 11.1 Å². The van der Waals surface area contributed by atoms with Gasteiger partial charge in [0, 0.05) is 28.9 Å². The molecule has 0 fully saturated rings. The molecule has 0 atom stereocenters. The lowest BCUT2D eigenvalue weighted by atomic mass is 10.0. The third-order valence-electron chi connectivity index (χ3n) is 3.79. The molecule has 0 aromatic heterocycles. The Bertz CT molecular complexity index is 922. The summed E-state index contributed by atoms with van der Waals surface area (Å²) in [6.07, 6.45) is 0. The number of rotatable bonds is 5. The topological polar surface area (TPSA) is 79.7 Å². The van der Waals surface area contributed by atoms with Gasteiger partial charge in [0.1, 0.15) is 0 Å². The number of amidine groups is 1. The molecular formula is C20H21N5S. The molecule has 0 bridgehead atoms. The van der Waals surface area contributed by atoms with Crippen LogP contribution in [0.25, 0.3) is 11.1 Å². The van der Waals surface area contributed by atoms with Crippen molar-refractivity contribution < 1.29 is 0 Å². The van der Waals surface area contributed by atoms with Gasteiger partial charge in [-0.15, -0.1) is 17.7 Å². The standard InChI is InChI=1S/C20H21N5S/c1-25(22)24-20(21)18-13-17(26)10-11-19(18)23-16-9-5-8-15(12-16)14-6-3-2-4-7-14/h2-13,23,26H,22H2,1H3,(H2,21,24). The molecule has 0 unspecified atom stereocenters. The second-order valence-corrected chi connectivity index (χ2v) is 6.38. The molecule has 0 aliphatic heterocycles. The number of hydrogen-bond acceptors (Lipinski definition) is 5. The molecule has 0 heterocycles. The monoisotopic (exact) mass is 363 g/mol. The molecular weight excluding hydrogens is 342 g/mol. The summed E-state index contributed by atoms with van der Waals surface area (Å²) in [6.45, 7) is 0. The Morgan fingerprint density at radius 3 is 2.42 bits per heavy atom. The number of hydrazone groups is 1. The Balaban J connectivity index is 1.95. The largest absolute Gasteiger partial charge is 0.382 e. The zero-order chi connectivity index (χ0) is 18.5. The van der Waals surface area contributed by atoms with Gasteiger partial charge in [-0.05, 0) is 41.5 Å². The fraction of sp³-hybridized carbons (Fsp3) is 0.0500. The molecule has 0 saturated heterocycles. The van der Waals surface area contributed by atoms with E-state index in [-0.39, 0.29) is 0 Å². The molecule has 3 aromatic rings. The number of nitrogens with one attached hydrogen (secondary N) is 1. The van der Waals surface area contributed by atoms with E-state index in [4.69, 9.17) is 11.6 Å². The summed E-state index contributed by atoms with van der Waals surface area (Å²) in [4.78, 5) is 0.793. The molecule has 3 aromatic carbocycles. The average Bonchev–Trinajstić information content (AvgIpc) is 2.63. The van der Waals surface area contributed by atoms with Crippen molar-refractivity contribution in [3.8, 4) is 11.1 Å². The van der Waals surface area contributed by atoms with Gasteiger partial charge in [-0.1, -0.05) is 42.5 Å². The van der Waals surface area contributed by atoms with Crippen LogP contribution in [0.3, 0.4) is 0 Å². The average molecular weight is 363 g/mol. The number of nitrogens with two attached hydrogens (primary N) is 2. The molecule has 5 nitrogen and oxygen atoms in total. The highest BCUT2D eigenvalue weighted by molar-refractivity contribution is 7.80. The highest BCUT2D eigenvalue weighted by atomic mass is 32.1. The molecule has 0 spiro atoms. The van der Waals surface area contributed by atoms with E-state index < -0.39 is 0 Å². The van der Waals surface area contributed by atoms with E-state index in [1.807, 2.05) is 48.5 Å². The minimum absolute atomic E-state index is 0.313. The van der Waals surface area contributed by atoms with Gasteiger partial charge in [-0.3, -0.25) is 0 Å². The maximum absolute atomic E-state index is 6.09. The smallest absolute Gasteiger partial charge is 0.154 e. The van der Waals surface area contributed by atoms with Crippen LogP contribution < -0.4 is 16.9 Å². The van der Waals surface area contributed by atoms with E-state index >= 15 is 0 Å². The van der Waals surface area contributed by atoms with E-state index in [9.17, 15) is 0 Å². The van der Waals surface area contributed by atoms with Crippen molar-refractivity contribution in [1.29, 1.82) is 0 Å². The van der Waals surface area contributed by atoms with E-state index in [1.165, 1.54) is 5.12 Å². The number of hydrogen-bond donors (Lipinski definition) is 4. The molecule has 0 aliphatic carbocycles. The summed E-state index contributed by atoms with van der Waals surface area (Å²) in [5.74, 6) is 5.89. The van der Waals surface area contributed by atoms with Crippen molar-refractivity contribution in [3.63, 3.8) is 0 Å². The third-order valence-corrected chi connectivity index (χ3v) is 4.07. The lowest BCUT2D eigenvalue weighted by Gasteiger charge is -2.14. The number of benzene rings is 3. The van der Waals surface area contributed by atoms with Crippen LogP contribution in [0.5, 0.6) is 0 Å². The van der Waals surface area contributed by atoms with Crippen molar-refractivity contribution in [2.45, 2.75) is 4.90 Å². The molecule has 0 amide bonds. The molecule has 132 valence electrons. The number of hydrazine groups is 1. The van der Waals surface area contributed by atoms with Crippen LogP contribution in [0.2, 0.25) is 0 Å². The van der Waals surface area contributed by atoms with Crippen LogP contribution in [0.4, 0.5) is 11.4 Å². The van der Waals surface area contributed by atoms with Gasteiger partial charge in [0.2, 0.25) is 0 Å². The summed E-state index contributed by atoms with van der Waals surface area (Å²) >= 11 is 4.39. The fourth-order valence-corrected chi connectivity index (χ4v) is 2.84. The van der Waals surface area contributed by atoms with Gasteiger partial charge in [-0.25, -0.2) is 11.0 Å². The molecule has 0 aliphatic rings. The predicted molar refractivity (Wildman–Crippen MR) is 112 cm³/mol. The Labute approximate surface area is 158 Å². The molecule has 0 saturated carbocycles. The first-order chi connectivity index (χ1) is 12.5. The first-order valence-electron chi connectivity index (χ1n) is 8.11. The zero-order valence-corrected chi connectivity index (χ0v) is 15.3. The quantitative estimate of drug-likeness (QED) is 0.183. The second kappa shape index (κ2) is 7.95. The third kappa shape index (κ3) is 4.36. The highest BCUT2D eigenvalue weighted by Crippen LogP contribution is 2.27. The maximum atomic E-state index is 6.09. The Morgan fingerprint density at radius 1 is 0.962 bits per heavy atom. The lowest BCUT2D eigenvalue weighted by Crippen LogP contribution is -2.26. The van der Waals surface area contributed by atoms with E-state index in [0.29, 0.717) is 5.84 Å². The summed E-state index contributed by atoms with van der Waals surface area (Å²) in [5.41, 5.74) is 10.9. The number of anilines is 2. The predicted octanol–water partition coefficient (Wildman–Crippen LogP) is 3.81. The minimum atomic E-state index is 0.313. The van der Waals surface area contributed by atoms with E-state index in [0.717, 1.165) is 33.0 Å². The van der Waals surface area contributed by atoms with Crippen LogP contribution in [-0.4, -0.2) is 18.0 Å². The Hall–Kier alpha value is -2.96. The van der Waals surface area contributed by atoms with Crippen LogP contribution in [0, 0.1) is 0 Å². The zero-order valence-electron chi connectivity index (χ0n) is 14.4. The molecule has 3 rings (SSSR count). The summed E-state index contributed by atoms with van der Waals surface area (Å²) < 4.78 is 0. The van der Waals surface area contributed by atoms with Crippen molar-refractivity contribution in [3.05, 3.63) is 78.4 Å². The second-order valence-electron chi connectivity index (χ2n) is 5.86. The molecule has 26 heavy (non-hydrogen) atoms. The molecule has 0 radical (unpaired) electrons. The normalized spacial score (nSPS) is 11.3. The maximum Gasteiger partial charge on any atom is 0.154 e. The highest BCUT2D eigenvalue weighted by Gasteiger charge is 2.09. The number of thiol groups is 1. The molecule has 6 heteroatoms. The summed E-state index contributed by atoms with van der Waals surface area (Å²) in [5, 5.41) is 8.68. The van der Waals surface area contributed by atoms with E-state index in [1.54, 1.807) is 7.05 Å². The summed E-state index contributed by atoms with van der Waals surface area (Å²) in [6, 6.07) is 24.1.